The van der Waals surface area contributed by atoms with Crippen LogP contribution in [0, 0.1) is 0 Å². The third-order valence-electron chi connectivity index (χ3n) is 2.15. The van der Waals surface area contributed by atoms with E-state index in [4.69, 9.17) is 5.11 Å². The second-order valence-corrected chi connectivity index (χ2v) is 6.68. The van der Waals surface area contributed by atoms with E-state index in [1.54, 1.807) is 11.8 Å². The first-order valence-electron chi connectivity index (χ1n) is 5.66. The second-order valence-electron chi connectivity index (χ2n) is 3.76. The summed E-state index contributed by atoms with van der Waals surface area (Å²) in [5, 5.41) is 8.39. The molecule has 0 fully saturated rings. The van der Waals surface area contributed by atoms with E-state index >= 15 is 0 Å². The van der Waals surface area contributed by atoms with E-state index in [0.717, 1.165) is 25.0 Å². The van der Waals surface area contributed by atoms with Crippen LogP contribution in [0.15, 0.2) is 0 Å². The third-order valence-corrected chi connectivity index (χ3v) is 4.32. The molecule has 17 heavy (non-hydrogen) atoms. The maximum atomic E-state index is 11.4. The van der Waals surface area contributed by atoms with Gasteiger partial charge in [0.15, 0.2) is 0 Å². The minimum atomic E-state index is -3.29. The Balaban J connectivity index is 3.54. The zero-order valence-corrected chi connectivity index (χ0v) is 11.8. The summed E-state index contributed by atoms with van der Waals surface area (Å²) in [5.41, 5.74) is 0. The second kappa shape index (κ2) is 9.73. The van der Waals surface area contributed by atoms with E-state index in [9.17, 15) is 13.2 Å². The zero-order chi connectivity index (χ0) is 13.1. The highest BCUT2D eigenvalue weighted by atomic mass is 32.2. The van der Waals surface area contributed by atoms with Crippen molar-refractivity contribution in [2.75, 3.05) is 24.3 Å². The molecule has 0 atom stereocenters. The predicted octanol–water partition coefficient (Wildman–Crippen LogP) is 1.30. The molecular formula is C10H21NO4S2. The quantitative estimate of drug-likeness (QED) is 0.558. The average molecular weight is 283 g/mol. The summed E-state index contributed by atoms with van der Waals surface area (Å²) in [4.78, 5) is 10.2. The van der Waals surface area contributed by atoms with Crippen LogP contribution in [0.4, 0.5) is 0 Å². The van der Waals surface area contributed by atoms with Crippen LogP contribution in [0.1, 0.15) is 32.1 Å². The molecule has 0 saturated carbocycles. The van der Waals surface area contributed by atoms with Crippen molar-refractivity contribution in [3.8, 4) is 0 Å². The van der Waals surface area contributed by atoms with Crippen molar-refractivity contribution in [3.05, 3.63) is 0 Å². The lowest BCUT2D eigenvalue weighted by molar-refractivity contribution is -0.137. The molecule has 0 saturated heterocycles. The largest absolute Gasteiger partial charge is 0.481 e. The average Bonchev–Trinajstić information content (AvgIpc) is 2.22. The van der Waals surface area contributed by atoms with Gasteiger partial charge in [0.05, 0.1) is 5.75 Å². The van der Waals surface area contributed by atoms with Gasteiger partial charge in [-0.15, -0.1) is 0 Å². The molecule has 0 aliphatic carbocycles. The molecule has 2 N–H and O–H groups in total. The number of rotatable bonds is 11. The smallest absolute Gasteiger partial charge is 0.303 e. The number of sulfonamides is 1. The fraction of sp³-hybridized carbons (Fsp3) is 0.900. The summed E-state index contributed by atoms with van der Waals surface area (Å²) in [6.07, 6.45) is 5.05. The molecule has 0 bridgehead atoms. The van der Waals surface area contributed by atoms with Gasteiger partial charge in [0.2, 0.25) is 10.0 Å². The Morgan fingerprint density at radius 2 is 1.94 bits per heavy atom. The highest BCUT2D eigenvalue weighted by Crippen LogP contribution is 2.02. The Labute approximate surface area is 107 Å². The molecule has 0 heterocycles. The minimum absolute atomic E-state index is 0.103. The molecule has 5 nitrogen and oxygen atoms in total. The SMILES string of the molecule is CSCCCCCNS(=O)(=O)CCCC(=O)O. The number of carbonyl (C=O) groups is 1. The van der Waals surface area contributed by atoms with Crippen molar-refractivity contribution in [2.24, 2.45) is 0 Å². The van der Waals surface area contributed by atoms with Crippen LogP contribution < -0.4 is 4.72 Å². The molecule has 0 amide bonds. The van der Waals surface area contributed by atoms with Gasteiger partial charge in [0.25, 0.3) is 0 Å². The monoisotopic (exact) mass is 283 g/mol. The fourth-order valence-electron chi connectivity index (χ4n) is 1.26. The van der Waals surface area contributed by atoms with Crippen molar-refractivity contribution in [1.29, 1.82) is 0 Å². The highest BCUT2D eigenvalue weighted by molar-refractivity contribution is 7.98. The summed E-state index contributed by atoms with van der Waals surface area (Å²) in [6, 6.07) is 0. The lowest BCUT2D eigenvalue weighted by Gasteiger charge is -2.05. The Bertz CT molecular complexity index is 303. The number of nitrogens with one attached hydrogen (secondary N) is 1. The van der Waals surface area contributed by atoms with Crippen molar-refractivity contribution < 1.29 is 18.3 Å². The van der Waals surface area contributed by atoms with Crippen LogP contribution >= 0.6 is 11.8 Å². The topological polar surface area (TPSA) is 83.5 Å². The molecular weight excluding hydrogens is 262 g/mol. The summed E-state index contributed by atoms with van der Waals surface area (Å²) >= 11 is 1.78. The Morgan fingerprint density at radius 1 is 1.24 bits per heavy atom. The third kappa shape index (κ3) is 12.0. The molecule has 102 valence electrons. The van der Waals surface area contributed by atoms with Gasteiger partial charge in [-0.05, 0) is 31.3 Å². The van der Waals surface area contributed by atoms with Gasteiger partial charge in [-0.2, -0.15) is 11.8 Å². The van der Waals surface area contributed by atoms with E-state index in [1.165, 1.54) is 0 Å². The van der Waals surface area contributed by atoms with Crippen LogP contribution in [0.3, 0.4) is 0 Å². The van der Waals surface area contributed by atoms with Crippen LogP contribution in [0.25, 0.3) is 0 Å². The minimum Gasteiger partial charge on any atom is -0.481 e. The maximum absolute atomic E-state index is 11.4. The van der Waals surface area contributed by atoms with Gasteiger partial charge in [0, 0.05) is 13.0 Å². The van der Waals surface area contributed by atoms with Crippen LogP contribution in [-0.2, 0) is 14.8 Å². The number of hydrogen-bond donors (Lipinski definition) is 2. The molecule has 0 aromatic rings. The van der Waals surface area contributed by atoms with Gasteiger partial charge < -0.3 is 5.11 Å². The van der Waals surface area contributed by atoms with Gasteiger partial charge in [0.1, 0.15) is 0 Å². The van der Waals surface area contributed by atoms with Crippen molar-refractivity contribution in [1.82, 2.24) is 4.72 Å². The summed E-state index contributed by atoms with van der Waals surface area (Å²) in [7, 11) is -3.29. The fourth-order valence-corrected chi connectivity index (χ4v) is 2.88. The van der Waals surface area contributed by atoms with E-state index < -0.39 is 16.0 Å². The predicted molar refractivity (Wildman–Crippen MR) is 70.9 cm³/mol. The van der Waals surface area contributed by atoms with E-state index in [1.807, 2.05) is 6.26 Å². The number of unbranched alkanes of at least 4 members (excludes halogenated alkanes) is 2. The lowest BCUT2D eigenvalue weighted by atomic mass is 10.2. The van der Waals surface area contributed by atoms with E-state index in [0.29, 0.717) is 6.54 Å². The number of aliphatic carboxylic acids is 1. The van der Waals surface area contributed by atoms with Crippen LogP contribution in [-0.4, -0.2) is 43.8 Å². The van der Waals surface area contributed by atoms with Crippen molar-refractivity contribution >= 4 is 27.8 Å². The molecule has 0 aromatic heterocycles. The van der Waals surface area contributed by atoms with Gasteiger partial charge in [-0.25, -0.2) is 13.1 Å². The number of thioether (sulfide) groups is 1. The summed E-state index contributed by atoms with van der Waals surface area (Å²) in [6.45, 7) is 0.448. The summed E-state index contributed by atoms with van der Waals surface area (Å²) < 4.78 is 25.3. The van der Waals surface area contributed by atoms with Gasteiger partial charge in [-0.3, -0.25) is 4.79 Å². The zero-order valence-electron chi connectivity index (χ0n) is 10.1. The van der Waals surface area contributed by atoms with E-state index in [-0.39, 0.29) is 18.6 Å². The molecule has 0 aromatic carbocycles. The molecule has 0 aliphatic heterocycles. The Hall–Kier alpha value is -0.270. The summed E-state index contributed by atoms with van der Waals surface area (Å²) in [5.74, 6) is 0.0346. The molecule has 0 aliphatic rings. The molecule has 0 radical (unpaired) electrons. The standard InChI is InChI=1S/C10H21NO4S2/c1-16-8-4-2-3-7-11-17(14,15)9-5-6-10(12)13/h11H,2-9H2,1H3,(H,12,13). The Kier molecular flexibility index (Phi) is 9.57. The van der Waals surface area contributed by atoms with Gasteiger partial charge >= 0.3 is 5.97 Å². The van der Waals surface area contributed by atoms with Gasteiger partial charge in [-0.1, -0.05) is 6.42 Å². The van der Waals surface area contributed by atoms with Crippen LogP contribution in [0.2, 0.25) is 0 Å². The lowest BCUT2D eigenvalue weighted by Crippen LogP contribution is -2.27. The number of carboxylic acid groups (broad SMARTS) is 1. The number of hydrogen-bond acceptors (Lipinski definition) is 4. The highest BCUT2D eigenvalue weighted by Gasteiger charge is 2.09. The number of carboxylic acids is 1. The molecule has 0 spiro atoms. The molecule has 7 heteroatoms. The Morgan fingerprint density at radius 3 is 2.53 bits per heavy atom. The van der Waals surface area contributed by atoms with Crippen molar-refractivity contribution in [3.63, 3.8) is 0 Å². The normalized spacial score (nSPS) is 11.6. The molecule has 0 rings (SSSR count). The van der Waals surface area contributed by atoms with Crippen molar-refractivity contribution in [2.45, 2.75) is 32.1 Å². The van der Waals surface area contributed by atoms with Crippen LogP contribution in [0.5, 0.6) is 0 Å². The first-order valence-corrected chi connectivity index (χ1v) is 8.70. The van der Waals surface area contributed by atoms with E-state index in [2.05, 4.69) is 4.72 Å². The first kappa shape index (κ1) is 16.7. The first-order chi connectivity index (χ1) is 7.98. The molecule has 0 unspecified atom stereocenters. The maximum Gasteiger partial charge on any atom is 0.303 e.